The van der Waals surface area contributed by atoms with Crippen LogP contribution in [-0.4, -0.2) is 62.8 Å². The lowest BCUT2D eigenvalue weighted by atomic mass is 10.1. The van der Waals surface area contributed by atoms with E-state index < -0.39 is 0 Å². The number of methoxy groups -OCH3 is 1. The van der Waals surface area contributed by atoms with Crippen molar-refractivity contribution in [3.05, 3.63) is 0 Å². The molecular formula is C14H29N3O2. The predicted molar refractivity (Wildman–Crippen MR) is 77.2 cm³/mol. The lowest BCUT2D eigenvalue weighted by Crippen LogP contribution is -2.58. The van der Waals surface area contributed by atoms with Crippen LogP contribution < -0.4 is 10.6 Å². The van der Waals surface area contributed by atoms with Gasteiger partial charge in [0.15, 0.2) is 0 Å². The maximum Gasteiger partial charge on any atom is 0.234 e. The first-order chi connectivity index (χ1) is 9.21. The van der Waals surface area contributed by atoms with Gasteiger partial charge in [-0.15, -0.1) is 0 Å². The summed E-state index contributed by atoms with van der Waals surface area (Å²) in [7, 11) is 1.68. The van der Waals surface area contributed by atoms with Crippen LogP contribution in [0.4, 0.5) is 0 Å². The molecule has 1 aliphatic rings. The van der Waals surface area contributed by atoms with Crippen molar-refractivity contribution in [3.63, 3.8) is 0 Å². The summed E-state index contributed by atoms with van der Waals surface area (Å²) in [5, 5.41) is 6.50. The summed E-state index contributed by atoms with van der Waals surface area (Å²) < 4.78 is 4.97. The molecule has 0 spiro atoms. The Bertz CT molecular complexity index is 261. The molecule has 1 aliphatic heterocycles. The second-order valence-electron chi connectivity index (χ2n) is 5.20. The monoisotopic (exact) mass is 271 g/mol. The van der Waals surface area contributed by atoms with E-state index >= 15 is 0 Å². The summed E-state index contributed by atoms with van der Waals surface area (Å²) in [5.74, 6) is 0.131. The summed E-state index contributed by atoms with van der Waals surface area (Å²) in [6.45, 7) is 8.25. The maximum atomic E-state index is 11.9. The normalized spacial score (nSPS) is 24.4. The predicted octanol–water partition coefficient (Wildman–Crippen LogP) is 0.602. The molecule has 5 heteroatoms. The molecule has 1 rings (SSSR count). The second kappa shape index (κ2) is 9.28. The average molecular weight is 271 g/mol. The van der Waals surface area contributed by atoms with Crippen LogP contribution in [0.25, 0.3) is 0 Å². The van der Waals surface area contributed by atoms with Gasteiger partial charge in [-0.1, -0.05) is 13.8 Å². The van der Waals surface area contributed by atoms with Gasteiger partial charge in [-0.05, 0) is 19.3 Å². The van der Waals surface area contributed by atoms with Gasteiger partial charge in [-0.2, -0.15) is 0 Å². The Balaban J connectivity index is 2.32. The van der Waals surface area contributed by atoms with E-state index in [4.69, 9.17) is 4.74 Å². The quantitative estimate of drug-likeness (QED) is 0.635. The molecule has 19 heavy (non-hydrogen) atoms. The van der Waals surface area contributed by atoms with Crippen molar-refractivity contribution >= 4 is 5.91 Å². The van der Waals surface area contributed by atoms with Crippen LogP contribution in [0.15, 0.2) is 0 Å². The average Bonchev–Trinajstić information content (AvgIpc) is 2.43. The van der Waals surface area contributed by atoms with Gasteiger partial charge in [0.1, 0.15) is 0 Å². The van der Waals surface area contributed by atoms with Crippen molar-refractivity contribution in [1.82, 2.24) is 15.5 Å². The third-order valence-corrected chi connectivity index (χ3v) is 3.77. The molecule has 2 atom stereocenters. The highest BCUT2D eigenvalue weighted by Crippen LogP contribution is 2.11. The molecule has 2 unspecified atom stereocenters. The van der Waals surface area contributed by atoms with E-state index in [2.05, 4.69) is 29.4 Å². The molecule has 0 radical (unpaired) electrons. The van der Waals surface area contributed by atoms with Crippen LogP contribution in [0, 0.1) is 0 Å². The number of carbonyl (C=O) groups is 1. The van der Waals surface area contributed by atoms with Crippen LogP contribution >= 0.6 is 0 Å². The van der Waals surface area contributed by atoms with Crippen molar-refractivity contribution in [1.29, 1.82) is 0 Å². The third kappa shape index (κ3) is 5.89. The zero-order valence-electron chi connectivity index (χ0n) is 12.6. The second-order valence-corrected chi connectivity index (χ2v) is 5.20. The first-order valence-corrected chi connectivity index (χ1v) is 7.44. The fraction of sp³-hybridized carbons (Fsp3) is 0.929. The lowest BCUT2D eigenvalue weighted by molar-refractivity contribution is -0.123. The number of hydrogen-bond donors (Lipinski definition) is 2. The molecule has 0 aromatic rings. The van der Waals surface area contributed by atoms with Gasteiger partial charge >= 0.3 is 0 Å². The van der Waals surface area contributed by atoms with Crippen LogP contribution in [0.2, 0.25) is 0 Å². The van der Waals surface area contributed by atoms with Gasteiger partial charge in [0.05, 0.1) is 6.54 Å². The topological polar surface area (TPSA) is 53.6 Å². The number of amides is 1. The summed E-state index contributed by atoms with van der Waals surface area (Å²) >= 11 is 0. The lowest BCUT2D eigenvalue weighted by Gasteiger charge is -2.39. The van der Waals surface area contributed by atoms with Crippen LogP contribution in [0.1, 0.15) is 33.1 Å². The Labute approximate surface area is 117 Å². The number of hydrogen-bond acceptors (Lipinski definition) is 4. The highest BCUT2D eigenvalue weighted by atomic mass is 16.5. The van der Waals surface area contributed by atoms with Crippen molar-refractivity contribution in [2.24, 2.45) is 0 Å². The molecule has 1 fully saturated rings. The van der Waals surface area contributed by atoms with E-state index in [0.717, 1.165) is 32.4 Å². The molecule has 0 aromatic heterocycles. The smallest absolute Gasteiger partial charge is 0.234 e. The van der Waals surface area contributed by atoms with Crippen molar-refractivity contribution in [2.75, 3.05) is 39.9 Å². The Morgan fingerprint density at radius 1 is 1.42 bits per heavy atom. The Morgan fingerprint density at radius 3 is 2.84 bits per heavy atom. The fourth-order valence-corrected chi connectivity index (χ4v) is 2.48. The fourth-order valence-electron chi connectivity index (χ4n) is 2.48. The van der Waals surface area contributed by atoms with Gasteiger partial charge in [0.2, 0.25) is 5.91 Å². The maximum absolute atomic E-state index is 11.9. The van der Waals surface area contributed by atoms with Crippen molar-refractivity contribution in [2.45, 2.75) is 45.2 Å². The molecule has 112 valence electrons. The molecule has 1 amide bonds. The highest BCUT2D eigenvalue weighted by Gasteiger charge is 2.26. The zero-order chi connectivity index (χ0) is 14.1. The minimum absolute atomic E-state index is 0.131. The van der Waals surface area contributed by atoms with Crippen LogP contribution in [-0.2, 0) is 9.53 Å². The summed E-state index contributed by atoms with van der Waals surface area (Å²) in [6.07, 6.45) is 3.07. The molecule has 0 bridgehead atoms. The summed E-state index contributed by atoms with van der Waals surface area (Å²) in [5.41, 5.74) is 0. The van der Waals surface area contributed by atoms with Crippen LogP contribution in [0.5, 0.6) is 0 Å². The Kier molecular flexibility index (Phi) is 8.02. The summed E-state index contributed by atoms with van der Waals surface area (Å²) in [4.78, 5) is 14.2. The van der Waals surface area contributed by atoms with Gasteiger partial charge in [-0.3, -0.25) is 9.69 Å². The highest BCUT2D eigenvalue weighted by molar-refractivity contribution is 5.78. The number of carbonyl (C=O) groups excluding carboxylic acids is 1. The number of rotatable bonds is 8. The first kappa shape index (κ1) is 16.4. The van der Waals surface area contributed by atoms with Crippen molar-refractivity contribution in [3.8, 4) is 0 Å². The molecule has 0 aromatic carbocycles. The number of nitrogens with one attached hydrogen (secondary N) is 2. The number of piperazine rings is 1. The van der Waals surface area contributed by atoms with E-state index in [0.29, 0.717) is 31.8 Å². The molecule has 1 saturated heterocycles. The van der Waals surface area contributed by atoms with E-state index in [9.17, 15) is 4.79 Å². The minimum Gasteiger partial charge on any atom is -0.385 e. The first-order valence-electron chi connectivity index (χ1n) is 7.44. The van der Waals surface area contributed by atoms with Gasteiger partial charge < -0.3 is 15.4 Å². The largest absolute Gasteiger partial charge is 0.385 e. The van der Waals surface area contributed by atoms with Gasteiger partial charge in [0.25, 0.3) is 0 Å². The van der Waals surface area contributed by atoms with E-state index in [1.165, 1.54) is 0 Å². The molecule has 2 N–H and O–H groups in total. The van der Waals surface area contributed by atoms with Gasteiger partial charge in [0, 0.05) is 45.4 Å². The molecule has 1 heterocycles. The molecule has 0 aliphatic carbocycles. The van der Waals surface area contributed by atoms with Crippen molar-refractivity contribution < 1.29 is 9.53 Å². The zero-order valence-corrected chi connectivity index (χ0v) is 12.6. The van der Waals surface area contributed by atoms with E-state index in [-0.39, 0.29) is 5.91 Å². The SMILES string of the molecule is CCC1CN(CC(=O)NCCCOC)C(CC)CN1. The molecular weight excluding hydrogens is 242 g/mol. The molecule has 0 saturated carbocycles. The van der Waals surface area contributed by atoms with E-state index in [1.54, 1.807) is 7.11 Å². The standard InChI is InChI=1S/C14H29N3O2/c1-4-12-10-17(13(5-2)9-16-12)11-14(18)15-7-6-8-19-3/h12-13,16H,4-11H2,1-3H3,(H,15,18). The van der Waals surface area contributed by atoms with Crippen LogP contribution in [0.3, 0.4) is 0 Å². The van der Waals surface area contributed by atoms with Gasteiger partial charge in [-0.25, -0.2) is 0 Å². The number of nitrogens with zero attached hydrogens (tertiary/aromatic N) is 1. The Hall–Kier alpha value is -0.650. The minimum atomic E-state index is 0.131. The Morgan fingerprint density at radius 2 is 2.21 bits per heavy atom. The molecule has 5 nitrogen and oxygen atoms in total. The number of ether oxygens (including phenoxy) is 1. The summed E-state index contributed by atoms with van der Waals surface area (Å²) in [6, 6.07) is 0.997. The van der Waals surface area contributed by atoms with E-state index in [1.807, 2.05) is 0 Å². The third-order valence-electron chi connectivity index (χ3n) is 3.77.